The molecule has 0 aromatic carbocycles. The van der Waals surface area contributed by atoms with E-state index in [0.29, 0.717) is 19.5 Å². The fourth-order valence-corrected chi connectivity index (χ4v) is 6.01. The Morgan fingerprint density at radius 2 is 1.83 bits per heavy atom. The van der Waals surface area contributed by atoms with Crippen molar-refractivity contribution in [1.82, 2.24) is 14.1 Å². The number of sulfonamides is 1. The molecule has 23 heavy (non-hydrogen) atoms. The first-order chi connectivity index (χ1) is 10.6. The van der Waals surface area contributed by atoms with E-state index >= 15 is 0 Å². The van der Waals surface area contributed by atoms with Crippen LogP contribution in [0, 0.1) is 0 Å². The minimum Gasteiger partial charge on any atom is -0.340 e. The highest BCUT2D eigenvalue weighted by atomic mass is 32.2. The molecule has 1 unspecified atom stereocenters. The average Bonchev–Trinajstić information content (AvgIpc) is 2.78. The maximum Gasteiger partial charge on any atom is 0.223 e. The first kappa shape index (κ1) is 18.6. The molecular weight excluding hydrogens is 342 g/mol. The summed E-state index contributed by atoms with van der Waals surface area (Å²) in [5.74, 6) is -0.216. The normalized spacial score (nSPS) is 25.9. The van der Waals surface area contributed by atoms with E-state index in [1.54, 1.807) is 4.90 Å². The van der Waals surface area contributed by atoms with Crippen LogP contribution in [0.2, 0.25) is 0 Å². The third kappa shape index (κ3) is 5.13. The quantitative estimate of drug-likeness (QED) is 0.593. The van der Waals surface area contributed by atoms with Crippen molar-refractivity contribution < 1.29 is 21.6 Å². The number of hydrogen-bond acceptors (Lipinski definition) is 6. The summed E-state index contributed by atoms with van der Waals surface area (Å²) in [5.41, 5.74) is 0. The van der Waals surface area contributed by atoms with Gasteiger partial charge in [-0.2, -0.15) is 4.31 Å². The fourth-order valence-electron chi connectivity index (χ4n) is 3.04. The summed E-state index contributed by atoms with van der Waals surface area (Å²) in [6.45, 7) is 2.95. The summed E-state index contributed by atoms with van der Waals surface area (Å²) in [6, 6.07) is -0.546. The van der Waals surface area contributed by atoms with E-state index < -0.39 is 25.9 Å². The van der Waals surface area contributed by atoms with Gasteiger partial charge >= 0.3 is 0 Å². The molecule has 0 saturated carbocycles. The van der Waals surface area contributed by atoms with E-state index in [0.717, 1.165) is 19.3 Å². The molecule has 0 N–H and O–H groups in total. The van der Waals surface area contributed by atoms with E-state index in [-0.39, 0.29) is 30.4 Å². The van der Waals surface area contributed by atoms with Gasteiger partial charge in [-0.15, -0.1) is 0 Å². The lowest BCUT2D eigenvalue weighted by molar-refractivity contribution is -0.132. The second-order valence-corrected chi connectivity index (χ2v) is 10.5. The van der Waals surface area contributed by atoms with Crippen LogP contribution in [0.5, 0.6) is 0 Å². The number of carbonyl (C=O) groups is 1. The standard InChI is InChI=1S/C13H25N3O5S2/c1-14-6-8-15(9-7-14)13(17)3-5-16(22(2,18)19)12-4-10-23(20,21)11-12/h12H,3-11H2,1-2H3. The Kier molecular flexibility index (Phi) is 5.70. The molecule has 0 spiro atoms. The smallest absolute Gasteiger partial charge is 0.223 e. The minimum absolute atomic E-state index is 0.0100. The molecule has 134 valence electrons. The molecule has 2 aliphatic rings. The monoisotopic (exact) mass is 367 g/mol. The highest BCUT2D eigenvalue weighted by molar-refractivity contribution is 7.92. The van der Waals surface area contributed by atoms with Crippen LogP contribution in [0.25, 0.3) is 0 Å². The third-order valence-electron chi connectivity index (χ3n) is 4.44. The molecule has 2 saturated heterocycles. The number of nitrogens with zero attached hydrogens (tertiary/aromatic N) is 3. The maximum absolute atomic E-state index is 12.2. The van der Waals surface area contributed by atoms with Gasteiger partial charge < -0.3 is 9.80 Å². The van der Waals surface area contributed by atoms with Crippen LogP contribution < -0.4 is 0 Å². The molecule has 2 heterocycles. The number of amides is 1. The van der Waals surface area contributed by atoms with Crippen LogP contribution in [-0.2, 0) is 24.7 Å². The first-order valence-electron chi connectivity index (χ1n) is 7.72. The SMILES string of the molecule is CN1CCN(C(=O)CCN(C2CCS(=O)(=O)C2)S(C)(=O)=O)CC1. The van der Waals surface area contributed by atoms with Crippen LogP contribution >= 0.6 is 0 Å². The van der Waals surface area contributed by atoms with E-state index in [2.05, 4.69) is 4.90 Å². The van der Waals surface area contributed by atoms with Crippen molar-refractivity contribution in [2.75, 3.05) is 57.5 Å². The molecule has 2 aliphatic heterocycles. The summed E-state index contributed by atoms with van der Waals surface area (Å²) >= 11 is 0. The Hall–Kier alpha value is -0.710. The number of likely N-dealkylation sites (N-methyl/N-ethyl adjacent to an activating group) is 1. The third-order valence-corrected chi connectivity index (χ3v) is 7.53. The summed E-state index contributed by atoms with van der Waals surface area (Å²) in [5, 5.41) is 0. The highest BCUT2D eigenvalue weighted by Gasteiger charge is 2.36. The second kappa shape index (κ2) is 7.04. The zero-order valence-corrected chi connectivity index (χ0v) is 15.3. The molecule has 0 bridgehead atoms. The van der Waals surface area contributed by atoms with Crippen molar-refractivity contribution >= 4 is 25.8 Å². The lowest BCUT2D eigenvalue weighted by atomic mass is 10.2. The average molecular weight is 367 g/mol. The Morgan fingerprint density at radius 1 is 1.22 bits per heavy atom. The number of piperazine rings is 1. The lowest BCUT2D eigenvalue weighted by Crippen LogP contribution is -2.48. The molecule has 1 atom stereocenters. The molecule has 2 fully saturated rings. The molecule has 8 nitrogen and oxygen atoms in total. The van der Waals surface area contributed by atoms with Gasteiger partial charge in [0.15, 0.2) is 9.84 Å². The predicted octanol–water partition coefficient (Wildman–Crippen LogP) is -1.40. The van der Waals surface area contributed by atoms with E-state index in [9.17, 15) is 21.6 Å². The van der Waals surface area contributed by atoms with Gasteiger partial charge in [-0.05, 0) is 13.5 Å². The maximum atomic E-state index is 12.2. The van der Waals surface area contributed by atoms with Gasteiger partial charge in [0.1, 0.15) is 0 Å². The first-order valence-corrected chi connectivity index (χ1v) is 11.4. The van der Waals surface area contributed by atoms with Crippen LogP contribution in [-0.4, -0.2) is 100 Å². The van der Waals surface area contributed by atoms with Gasteiger partial charge in [0.05, 0.1) is 17.8 Å². The second-order valence-electron chi connectivity index (χ2n) is 6.36. The molecule has 0 aliphatic carbocycles. The molecular formula is C13H25N3O5S2. The van der Waals surface area contributed by atoms with Gasteiger partial charge in [0.2, 0.25) is 15.9 Å². The Labute approximate surface area is 138 Å². The fraction of sp³-hybridized carbons (Fsp3) is 0.923. The summed E-state index contributed by atoms with van der Waals surface area (Å²) in [4.78, 5) is 16.1. The molecule has 2 rings (SSSR count). The zero-order valence-electron chi connectivity index (χ0n) is 13.6. The van der Waals surface area contributed by atoms with Crippen molar-refractivity contribution in [3.63, 3.8) is 0 Å². The molecule has 10 heteroatoms. The molecule has 1 amide bonds. The predicted molar refractivity (Wildman–Crippen MR) is 87.3 cm³/mol. The topological polar surface area (TPSA) is 95.1 Å². The van der Waals surface area contributed by atoms with E-state index in [1.807, 2.05) is 7.05 Å². The van der Waals surface area contributed by atoms with E-state index in [1.165, 1.54) is 4.31 Å². The molecule has 0 aromatic heterocycles. The van der Waals surface area contributed by atoms with Crippen LogP contribution in [0.15, 0.2) is 0 Å². The van der Waals surface area contributed by atoms with Crippen LogP contribution in [0.1, 0.15) is 12.8 Å². The van der Waals surface area contributed by atoms with Gasteiger partial charge in [0, 0.05) is 45.2 Å². The Balaban J connectivity index is 1.95. The highest BCUT2D eigenvalue weighted by Crippen LogP contribution is 2.20. The number of rotatable bonds is 5. The summed E-state index contributed by atoms with van der Waals surface area (Å²) < 4.78 is 48.3. The van der Waals surface area contributed by atoms with Crippen molar-refractivity contribution in [2.24, 2.45) is 0 Å². The van der Waals surface area contributed by atoms with Gasteiger partial charge in [-0.3, -0.25) is 4.79 Å². The Bertz CT molecular complexity index is 639. The summed E-state index contributed by atoms with van der Waals surface area (Å²) in [6.07, 6.45) is 1.46. The Morgan fingerprint density at radius 3 is 2.30 bits per heavy atom. The largest absolute Gasteiger partial charge is 0.340 e. The van der Waals surface area contributed by atoms with Crippen LogP contribution in [0.4, 0.5) is 0 Å². The van der Waals surface area contributed by atoms with Crippen molar-refractivity contribution in [3.05, 3.63) is 0 Å². The lowest BCUT2D eigenvalue weighted by Gasteiger charge is -2.33. The van der Waals surface area contributed by atoms with Crippen LogP contribution in [0.3, 0.4) is 0 Å². The number of sulfone groups is 1. The van der Waals surface area contributed by atoms with Gasteiger partial charge in [-0.1, -0.05) is 0 Å². The van der Waals surface area contributed by atoms with Crippen molar-refractivity contribution in [1.29, 1.82) is 0 Å². The van der Waals surface area contributed by atoms with Gasteiger partial charge in [0.25, 0.3) is 0 Å². The number of hydrogen-bond donors (Lipinski definition) is 0. The van der Waals surface area contributed by atoms with Crippen molar-refractivity contribution in [2.45, 2.75) is 18.9 Å². The molecule has 0 aromatic rings. The van der Waals surface area contributed by atoms with Crippen molar-refractivity contribution in [3.8, 4) is 0 Å². The van der Waals surface area contributed by atoms with Gasteiger partial charge in [-0.25, -0.2) is 16.8 Å². The molecule has 0 radical (unpaired) electrons. The summed E-state index contributed by atoms with van der Waals surface area (Å²) in [7, 11) is -4.72. The number of carbonyl (C=O) groups excluding carboxylic acids is 1. The minimum atomic E-state index is -3.54. The zero-order chi connectivity index (χ0) is 17.3. The van der Waals surface area contributed by atoms with E-state index in [4.69, 9.17) is 0 Å².